The van der Waals surface area contributed by atoms with E-state index in [-0.39, 0.29) is 5.91 Å². The first-order chi connectivity index (χ1) is 14.7. The summed E-state index contributed by atoms with van der Waals surface area (Å²) in [6.07, 6.45) is 4.68. The largest absolute Gasteiger partial charge is 0.361 e. The molecule has 5 rings (SSSR count). The zero-order valence-corrected chi connectivity index (χ0v) is 15.9. The predicted octanol–water partition coefficient (Wildman–Crippen LogP) is 4.97. The molecule has 2 aromatic carbocycles. The highest BCUT2D eigenvalue weighted by Crippen LogP contribution is 2.30. The summed E-state index contributed by atoms with van der Waals surface area (Å²) in [7, 11) is 0. The molecule has 5 aromatic rings. The number of fused-ring (bicyclic) bond motifs is 2. The summed E-state index contributed by atoms with van der Waals surface area (Å²) in [5.74, 6) is 0.420. The number of nitrogens with zero attached hydrogens (tertiary/aromatic N) is 2. The molecule has 7 nitrogen and oxygen atoms in total. The molecule has 3 aromatic heterocycles. The van der Waals surface area contributed by atoms with Crippen molar-refractivity contribution < 1.29 is 4.79 Å². The second-order valence-corrected chi connectivity index (χ2v) is 6.85. The standard InChI is InChI=1S/C23H18N6O/c1-2-21(30)27-16-4-3-5-17(11-16)28-22-18-12-20(29-23(18)26-13-25-22)14-6-7-19-15(10-14)8-9-24-19/h2-13,24H,1H2,(H,27,30)(H2,25,26,28,29). The summed E-state index contributed by atoms with van der Waals surface area (Å²) < 4.78 is 0. The van der Waals surface area contributed by atoms with E-state index in [0.29, 0.717) is 11.5 Å². The molecule has 146 valence electrons. The van der Waals surface area contributed by atoms with Crippen molar-refractivity contribution in [2.24, 2.45) is 0 Å². The van der Waals surface area contributed by atoms with Gasteiger partial charge in [0.1, 0.15) is 17.8 Å². The second-order valence-electron chi connectivity index (χ2n) is 6.85. The Hall–Kier alpha value is -4.39. The van der Waals surface area contributed by atoms with Crippen LogP contribution in [0, 0.1) is 0 Å². The van der Waals surface area contributed by atoms with Gasteiger partial charge in [0.05, 0.1) is 5.39 Å². The zero-order valence-electron chi connectivity index (χ0n) is 15.9. The Morgan fingerprint density at radius 2 is 1.93 bits per heavy atom. The van der Waals surface area contributed by atoms with Crippen molar-refractivity contribution >= 4 is 45.0 Å². The molecule has 0 saturated carbocycles. The average molecular weight is 394 g/mol. The Morgan fingerprint density at radius 3 is 2.83 bits per heavy atom. The van der Waals surface area contributed by atoms with Crippen LogP contribution >= 0.6 is 0 Å². The highest BCUT2D eigenvalue weighted by Gasteiger charge is 2.11. The van der Waals surface area contributed by atoms with Crippen molar-refractivity contribution in [3.63, 3.8) is 0 Å². The lowest BCUT2D eigenvalue weighted by Gasteiger charge is -2.08. The van der Waals surface area contributed by atoms with Crippen LogP contribution in [0.1, 0.15) is 0 Å². The average Bonchev–Trinajstić information content (AvgIpc) is 3.40. The van der Waals surface area contributed by atoms with E-state index in [1.807, 2.05) is 42.6 Å². The van der Waals surface area contributed by atoms with E-state index in [4.69, 9.17) is 0 Å². The minimum Gasteiger partial charge on any atom is -0.361 e. The lowest BCUT2D eigenvalue weighted by molar-refractivity contribution is -0.111. The van der Waals surface area contributed by atoms with Crippen molar-refractivity contribution in [1.29, 1.82) is 0 Å². The summed E-state index contributed by atoms with van der Waals surface area (Å²) in [5.41, 5.74) is 5.34. The topological polar surface area (TPSA) is 98.5 Å². The molecule has 0 fully saturated rings. The van der Waals surface area contributed by atoms with E-state index in [1.54, 1.807) is 0 Å². The monoisotopic (exact) mass is 394 g/mol. The van der Waals surface area contributed by atoms with E-state index in [2.05, 4.69) is 55.3 Å². The van der Waals surface area contributed by atoms with Crippen LogP contribution in [0.4, 0.5) is 17.2 Å². The summed E-state index contributed by atoms with van der Waals surface area (Å²) in [4.78, 5) is 26.9. The lowest BCUT2D eigenvalue weighted by atomic mass is 10.1. The van der Waals surface area contributed by atoms with Crippen LogP contribution in [0.3, 0.4) is 0 Å². The van der Waals surface area contributed by atoms with Gasteiger partial charge < -0.3 is 20.6 Å². The molecule has 0 saturated heterocycles. The van der Waals surface area contributed by atoms with Crippen LogP contribution < -0.4 is 10.6 Å². The number of amides is 1. The molecule has 0 aliphatic carbocycles. The zero-order chi connectivity index (χ0) is 20.5. The van der Waals surface area contributed by atoms with Crippen molar-refractivity contribution in [3.05, 3.63) is 79.8 Å². The van der Waals surface area contributed by atoms with E-state index < -0.39 is 0 Å². The molecule has 3 heterocycles. The Morgan fingerprint density at radius 1 is 1.03 bits per heavy atom. The maximum atomic E-state index is 11.6. The first-order valence-corrected chi connectivity index (χ1v) is 9.41. The number of benzene rings is 2. The van der Waals surface area contributed by atoms with Gasteiger partial charge in [0, 0.05) is 34.2 Å². The van der Waals surface area contributed by atoms with E-state index in [0.717, 1.165) is 38.9 Å². The van der Waals surface area contributed by atoms with Crippen LogP contribution in [-0.2, 0) is 4.79 Å². The van der Waals surface area contributed by atoms with Gasteiger partial charge in [-0.15, -0.1) is 0 Å². The molecule has 7 heteroatoms. The van der Waals surface area contributed by atoms with Crippen LogP contribution in [0.25, 0.3) is 33.2 Å². The van der Waals surface area contributed by atoms with Gasteiger partial charge >= 0.3 is 0 Å². The fourth-order valence-electron chi connectivity index (χ4n) is 3.42. The minimum absolute atomic E-state index is 0.258. The van der Waals surface area contributed by atoms with Gasteiger partial charge in [0.2, 0.25) is 5.91 Å². The number of hydrogen-bond acceptors (Lipinski definition) is 4. The molecule has 0 radical (unpaired) electrons. The normalized spacial score (nSPS) is 10.9. The Labute approximate surface area is 171 Å². The molecule has 0 bridgehead atoms. The number of hydrogen-bond donors (Lipinski definition) is 4. The molecule has 0 spiro atoms. The Balaban J connectivity index is 1.49. The smallest absolute Gasteiger partial charge is 0.247 e. The number of nitrogens with one attached hydrogen (secondary N) is 4. The van der Waals surface area contributed by atoms with Crippen molar-refractivity contribution in [2.45, 2.75) is 0 Å². The summed E-state index contributed by atoms with van der Waals surface area (Å²) >= 11 is 0. The van der Waals surface area contributed by atoms with Gasteiger partial charge in [-0.1, -0.05) is 18.7 Å². The first kappa shape index (κ1) is 17.7. The van der Waals surface area contributed by atoms with Gasteiger partial charge in [-0.3, -0.25) is 4.79 Å². The molecule has 0 aliphatic heterocycles. The van der Waals surface area contributed by atoms with Crippen molar-refractivity contribution in [3.8, 4) is 11.3 Å². The SMILES string of the molecule is C=CC(=O)Nc1cccc(Nc2ncnc3[nH]c(-c4ccc5[nH]ccc5c4)cc23)c1. The maximum absolute atomic E-state index is 11.6. The summed E-state index contributed by atoms with van der Waals surface area (Å²) in [5, 5.41) is 8.09. The number of H-pyrrole nitrogens is 2. The fourth-order valence-corrected chi connectivity index (χ4v) is 3.42. The van der Waals surface area contributed by atoms with Crippen LogP contribution in [0.2, 0.25) is 0 Å². The lowest BCUT2D eigenvalue weighted by Crippen LogP contribution is -2.07. The molecule has 30 heavy (non-hydrogen) atoms. The van der Waals surface area contributed by atoms with E-state index >= 15 is 0 Å². The number of carbonyl (C=O) groups is 1. The van der Waals surface area contributed by atoms with Crippen LogP contribution in [0.5, 0.6) is 0 Å². The quantitative estimate of drug-likeness (QED) is 0.316. The van der Waals surface area contributed by atoms with Gasteiger partial charge in [0.25, 0.3) is 0 Å². The van der Waals surface area contributed by atoms with E-state index in [9.17, 15) is 4.79 Å². The molecule has 0 aliphatic rings. The van der Waals surface area contributed by atoms with Gasteiger partial charge in [-0.05, 0) is 54.1 Å². The number of anilines is 3. The van der Waals surface area contributed by atoms with Gasteiger partial charge in [0.15, 0.2) is 0 Å². The number of aromatic nitrogens is 4. The fraction of sp³-hybridized carbons (Fsp3) is 0. The third-order valence-electron chi connectivity index (χ3n) is 4.87. The molecule has 1 amide bonds. The second kappa shape index (κ2) is 7.21. The number of carbonyl (C=O) groups excluding carboxylic acids is 1. The van der Waals surface area contributed by atoms with Crippen molar-refractivity contribution in [2.75, 3.05) is 10.6 Å². The molecule has 4 N–H and O–H groups in total. The number of rotatable bonds is 5. The predicted molar refractivity (Wildman–Crippen MR) is 120 cm³/mol. The molecule has 0 unspecified atom stereocenters. The van der Waals surface area contributed by atoms with Crippen LogP contribution in [0.15, 0.2) is 79.8 Å². The molecular formula is C23H18N6O. The minimum atomic E-state index is -0.258. The summed E-state index contributed by atoms with van der Waals surface area (Å²) in [6.45, 7) is 3.47. The maximum Gasteiger partial charge on any atom is 0.247 e. The van der Waals surface area contributed by atoms with E-state index in [1.165, 1.54) is 12.4 Å². The molecular weight excluding hydrogens is 376 g/mol. The summed E-state index contributed by atoms with van der Waals surface area (Å²) in [6, 6.07) is 17.7. The molecule has 0 atom stereocenters. The van der Waals surface area contributed by atoms with Gasteiger partial charge in [-0.2, -0.15) is 0 Å². The Kier molecular flexibility index (Phi) is 4.25. The third kappa shape index (κ3) is 3.29. The Bertz CT molecular complexity index is 1400. The first-order valence-electron chi connectivity index (χ1n) is 9.41. The highest BCUT2D eigenvalue weighted by molar-refractivity contribution is 5.99. The van der Waals surface area contributed by atoms with Crippen molar-refractivity contribution in [1.82, 2.24) is 19.9 Å². The highest BCUT2D eigenvalue weighted by atomic mass is 16.1. The van der Waals surface area contributed by atoms with Crippen LogP contribution in [-0.4, -0.2) is 25.8 Å². The van der Waals surface area contributed by atoms with Gasteiger partial charge in [-0.25, -0.2) is 9.97 Å². The third-order valence-corrected chi connectivity index (χ3v) is 4.87. The number of aromatic amines is 2.